The molecule has 2 aromatic carbocycles. The van der Waals surface area contributed by atoms with Gasteiger partial charge in [-0.25, -0.2) is 8.42 Å². The van der Waals surface area contributed by atoms with Gasteiger partial charge in [0.15, 0.2) is 9.84 Å². The van der Waals surface area contributed by atoms with Gasteiger partial charge < -0.3 is 5.32 Å². The lowest BCUT2D eigenvalue weighted by Gasteiger charge is -2.11. The average Bonchev–Trinajstić information content (AvgIpc) is 2.70. The van der Waals surface area contributed by atoms with Gasteiger partial charge in [0.1, 0.15) is 0 Å². The Morgan fingerprint density at radius 1 is 1.03 bits per heavy atom. The summed E-state index contributed by atoms with van der Waals surface area (Å²) in [7, 11) is -3.18. The predicted octanol–water partition coefficient (Wildman–Crippen LogP) is 5.24. The topological polar surface area (TPSA) is 76.1 Å². The van der Waals surface area contributed by atoms with Crippen LogP contribution in [-0.2, 0) is 15.6 Å². The van der Waals surface area contributed by atoms with E-state index >= 15 is 0 Å². The first kappa shape index (κ1) is 21.3. The molecule has 0 saturated heterocycles. The number of aromatic nitrogens is 1. The normalized spacial score (nSPS) is 11.3. The van der Waals surface area contributed by atoms with Gasteiger partial charge in [0.25, 0.3) is 5.91 Å². The number of nitrogens with one attached hydrogen (secondary N) is 1. The Bertz CT molecular complexity index is 1150. The van der Waals surface area contributed by atoms with Crippen LogP contribution in [-0.4, -0.2) is 25.1 Å². The van der Waals surface area contributed by atoms with E-state index in [1.165, 1.54) is 12.1 Å². The van der Waals surface area contributed by atoms with E-state index in [0.717, 1.165) is 0 Å². The molecule has 0 bridgehead atoms. The molecule has 0 aliphatic rings. The zero-order valence-corrected chi connectivity index (χ0v) is 17.9. The van der Waals surface area contributed by atoms with E-state index in [1.54, 1.807) is 43.5 Å². The van der Waals surface area contributed by atoms with Crippen molar-refractivity contribution in [3.63, 3.8) is 0 Å². The fourth-order valence-corrected chi connectivity index (χ4v) is 4.10. The molecule has 0 aliphatic carbocycles. The summed E-state index contributed by atoms with van der Waals surface area (Å²) in [6.07, 6.45) is 1.66. The first-order chi connectivity index (χ1) is 13.8. The molecule has 29 heavy (non-hydrogen) atoms. The minimum Gasteiger partial charge on any atom is -0.322 e. The van der Waals surface area contributed by atoms with E-state index in [0.29, 0.717) is 27.5 Å². The first-order valence-corrected chi connectivity index (χ1v) is 11.4. The van der Waals surface area contributed by atoms with Crippen molar-refractivity contribution in [3.05, 3.63) is 82.0 Å². The summed E-state index contributed by atoms with van der Waals surface area (Å²) in [5.74, 6) is -0.480. The SMILES string of the molecule is CCS(=O)(=O)Cc1ccc(C(=O)Nc2ccc(Cl)c(-c3ccccn3)c2)c(Cl)c1. The number of anilines is 1. The van der Waals surface area contributed by atoms with Gasteiger partial charge >= 0.3 is 0 Å². The number of nitrogens with zero attached hydrogens (tertiary/aromatic N) is 1. The Labute approximate surface area is 179 Å². The maximum Gasteiger partial charge on any atom is 0.257 e. The summed E-state index contributed by atoms with van der Waals surface area (Å²) in [5, 5.41) is 3.49. The molecule has 150 valence electrons. The molecule has 0 aliphatic heterocycles. The van der Waals surface area contributed by atoms with Crippen LogP contribution in [0, 0.1) is 0 Å². The molecule has 5 nitrogen and oxygen atoms in total. The number of carbonyl (C=O) groups is 1. The highest BCUT2D eigenvalue weighted by Crippen LogP contribution is 2.30. The van der Waals surface area contributed by atoms with E-state index in [1.807, 2.05) is 12.1 Å². The van der Waals surface area contributed by atoms with E-state index in [9.17, 15) is 13.2 Å². The van der Waals surface area contributed by atoms with Gasteiger partial charge in [-0.2, -0.15) is 0 Å². The third-order valence-corrected chi connectivity index (χ3v) is 6.56. The van der Waals surface area contributed by atoms with Crippen LogP contribution < -0.4 is 5.32 Å². The summed E-state index contributed by atoms with van der Waals surface area (Å²) >= 11 is 12.5. The van der Waals surface area contributed by atoms with Crippen molar-refractivity contribution < 1.29 is 13.2 Å². The summed E-state index contributed by atoms with van der Waals surface area (Å²) in [6.45, 7) is 1.59. The second-order valence-corrected chi connectivity index (χ2v) is 9.52. The van der Waals surface area contributed by atoms with E-state index in [-0.39, 0.29) is 22.1 Å². The molecule has 0 atom stereocenters. The Morgan fingerprint density at radius 2 is 1.83 bits per heavy atom. The largest absolute Gasteiger partial charge is 0.322 e. The fraction of sp³-hybridized carbons (Fsp3) is 0.143. The standard InChI is InChI=1S/C21H18Cl2N2O3S/c1-2-29(27,28)13-14-6-8-16(19(23)11-14)21(26)25-15-7-9-18(22)17(12-15)20-5-3-4-10-24-20/h3-12H,2,13H2,1H3,(H,25,26). The molecule has 0 radical (unpaired) electrons. The van der Waals surface area contributed by atoms with Crippen molar-refractivity contribution in [2.45, 2.75) is 12.7 Å². The molecule has 0 unspecified atom stereocenters. The van der Waals surface area contributed by atoms with E-state index in [4.69, 9.17) is 23.2 Å². The van der Waals surface area contributed by atoms with Crippen LogP contribution in [0.2, 0.25) is 10.0 Å². The van der Waals surface area contributed by atoms with Gasteiger partial charge in [0.2, 0.25) is 0 Å². The van der Waals surface area contributed by atoms with Gasteiger partial charge in [-0.15, -0.1) is 0 Å². The van der Waals surface area contributed by atoms with Crippen molar-refractivity contribution in [1.82, 2.24) is 4.98 Å². The number of amides is 1. The molecular formula is C21H18Cl2N2O3S. The lowest BCUT2D eigenvalue weighted by atomic mass is 10.1. The monoisotopic (exact) mass is 448 g/mol. The third-order valence-electron chi connectivity index (χ3n) is 4.27. The van der Waals surface area contributed by atoms with E-state index < -0.39 is 15.7 Å². The minimum absolute atomic E-state index is 0.0437. The highest BCUT2D eigenvalue weighted by atomic mass is 35.5. The summed E-state index contributed by atoms with van der Waals surface area (Å²) in [5.41, 5.74) is 2.70. The Morgan fingerprint density at radius 3 is 2.48 bits per heavy atom. The lowest BCUT2D eigenvalue weighted by Crippen LogP contribution is -2.13. The molecular weight excluding hydrogens is 431 g/mol. The van der Waals surface area contributed by atoms with Gasteiger partial charge in [0, 0.05) is 23.2 Å². The smallest absolute Gasteiger partial charge is 0.257 e. The molecule has 8 heteroatoms. The number of pyridine rings is 1. The number of halogens is 2. The van der Waals surface area contributed by atoms with Crippen molar-refractivity contribution >= 4 is 44.6 Å². The summed E-state index contributed by atoms with van der Waals surface area (Å²) in [4.78, 5) is 16.9. The molecule has 3 aromatic rings. The van der Waals surface area contributed by atoms with Gasteiger partial charge in [0.05, 0.1) is 27.1 Å². The van der Waals surface area contributed by atoms with Crippen molar-refractivity contribution in [2.24, 2.45) is 0 Å². The second kappa shape index (κ2) is 8.95. The van der Waals surface area contributed by atoms with Gasteiger partial charge in [-0.05, 0) is 48.0 Å². The number of benzene rings is 2. The zero-order chi connectivity index (χ0) is 21.0. The van der Waals surface area contributed by atoms with E-state index in [2.05, 4.69) is 10.3 Å². The summed E-state index contributed by atoms with van der Waals surface area (Å²) < 4.78 is 23.6. The highest BCUT2D eigenvalue weighted by molar-refractivity contribution is 7.90. The van der Waals surface area contributed by atoms with Crippen LogP contribution in [0.25, 0.3) is 11.3 Å². The minimum atomic E-state index is -3.18. The highest BCUT2D eigenvalue weighted by Gasteiger charge is 2.15. The molecule has 1 aromatic heterocycles. The lowest BCUT2D eigenvalue weighted by molar-refractivity contribution is 0.102. The number of hydrogen-bond acceptors (Lipinski definition) is 4. The van der Waals surface area contributed by atoms with Crippen LogP contribution in [0.4, 0.5) is 5.69 Å². The molecule has 1 heterocycles. The molecule has 1 N–H and O–H groups in total. The molecule has 0 saturated carbocycles. The van der Waals surface area contributed by atoms with Gasteiger partial charge in [-0.1, -0.05) is 42.3 Å². The van der Waals surface area contributed by atoms with Crippen molar-refractivity contribution in [3.8, 4) is 11.3 Å². The molecule has 3 rings (SSSR count). The number of rotatable bonds is 6. The van der Waals surface area contributed by atoms with Gasteiger partial charge in [-0.3, -0.25) is 9.78 Å². The average molecular weight is 449 g/mol. The fourth-order valence-electron chi connectivity index (χ4n) is 2.71. The molecule has 1 amide bonds. The maximum atomic E-state index is 12.7. The Kier molecular flexibility index (Phi) is 6.57. The van der Waals surface area contributed by atoms with Crippen LogP contribution in [0.1, 0.15) is 22.8 Å². The van der Waals surface area contributed by atoms with Crippen molar-refractivity contribution in [1.29, 1.82) is 0 Å². The third kappa shape index (κ3) is 5.35. The second-order valence-electron chi connectivity index (χ2n) is 6.35. The molecule has 0 fully saturated rings. The van der Waals surface area contributed by atoms with Crippen LogP contribution in [0.15, 0.2) is 60.8 Å². The first-order valence-electron chi connectivity index (χ1n) is 8.80. The Hall–Kier alpha value is -2.41. The van der Waals surface area contributed by atoms with Crippen LogP contribution in [0.5, 0.6) is 0 Å². The number of carbonyl (C=O) groups excluding carboxylic acids is 1. The zero-order valence-electron chi connectivity index (χ0n) is 15.5. The Balaban J connectivity index is 1.82. The van der Waals surface area contributed by atoms with Crippen LogP contribution >= 0.6 is 23.2 Å². The number of sulfone groups is 1. The van der Waals surface area contributed by atoms with Crippen LogP contribution in [0.3, 0.4) is 0 Å². The predicted molar refractivity (Wildman–Crippen MR) is 117 cm³/mol. The summed E-state index contributed by atoms with van der Waals surface area (Å²) in [6, 6.07) is 15.2. The quantitative estimate of drug-likeness (QED) is 0.558. The molecule has 0 spiro atoms. The maximum absolute atomic E-state index is 12.7. The number of hydrogen-bond donors (Lipinski definition) is 1. The van der Waals surface area contributed by atoms with Crippen molar-refractivity contribution in [2.75, 3.05) is 11.1 Å².